The van der Waals surface area contributed by atoms with Gasteiger partial charge < -0.3 is 4.90 Å². The van der Waals surface area contributed by atoms with Crippen LogP contribution in [0.3, 0.4) is 0 Å². The molecule has 3 heteroatoms. The maximum Gasteiger partial charge on any atom is 0.134 e. The smallest absolute Gasteiger partial charge is 0.134 e. The van der Waals surface area contributed by atoms with Gasteiger partial charge in [0.15, 0.2) is 0 Å². The molecule has 0 unspecified atom stereocenters. The number of hydrogen-bond donors (Lipinski definition) is 0. The highest BCUT2D eigenvalue weighted by atomic mass is 16.1. The summed E-state index contributed by atoms with van der Waals surface area (Å²) < 4.78 is 0. The lowest BCUT2D eigenvalue weighted by atomic mass is 10.1. The van der Waals surface area contributed by atoms with Crippen LogP contribution in [0.4, 0.5) is 0 Å². The molecule has 0 aliphatic heterocycles. The number of nitrogens with zero attached hydrogens (tertiary/aromatic N) is 1. The Morgan fingerprint density at radius 1 is 0.679 bits per heavy atom. The number of carbonyl (C=O) groups excluding carboxylic acids is 2. The average molecular weight is 388 g/mol. The Kier molecular flexibility index (Phi) is 14.4. The van der Waals surface area contributed by atoms with Gasteiger partial charge in [0.05, 0.1) is 0 Å². The van der Waals surface area contributed by atoms with Crippen molar-refractivity contribution < 1.29 is 9.59 Å². The summed E-state index contributed by atoms with van der Waals surface area (Å²) in [6, 6.07) is 10.5. The fraction of sp³-hybridized carbons (Fsp3) is 0.680. The minimum absolute atomic E-state index is 0.371. The Balaban J connectivity index is 2.39. The van der Waals surface area contributed by atoms with Crippen molar-refractivity contribution in [2.75, 3.05) is 19.6 Å². The van der Waals surface area contributed by atoms with Gasteiger partial charge in [-0.05, 0) is 37.8 Å². The van der Waals surface area contributed by atoms with E-state index in [0.29, 0.717) is 37.2 Å². The summed E-state index contributed by atoms with van der Waals surface area (Å²) in [5.41, 5.74) is 1.36. The molecular formula is C25H41NO2. The van der Waals surface area contributed by atoms with Gasteiger partial charge in [0.1, 0.15) is 11.6 Å². The standard InChI is InChI=1S/C25H41NO2/c1-3-5-8-16-24(27)18-21-26(22-19-25(28)17-9-6-4-2)20-12-15-23-13-10-7-11-14-23/h7,10-11,13-14H,3-6,8-9,12,15-22H2,1-2H3. The van der Waals surface area contributed by atoms with E-state index in [1.807, 2.05) is 6.07 Å². The molecule has 0 aliphatic carbocycles. The number of unbranched alkanes of at least 4 members (excludes halogenated alkanes) is 4. The van der Waals surface area contributed by atoms with Crippen molar-refractivity contribution >= 4 is 11.6 Å². The molecule has 0 N–H and O–H groups in total. The summed E-state index contributed by atoms with van der Waals surface area (Å²) in [4.78, 5) is 26.6. The second-order valence-corrected chi connectivity index (χ2v) is 7.92. The number of rotatable bonds is 18. The molecule has 28 heavy (non-hydrogen) atoms. The fourth-order valence-corrected chi connectivity index (χ4v) is 3.45. The normalized spacial score (nSPS) is 11.1. The minimum atomic E-state index is 0.371. The van der Waals surface area contributed by atoms with Gasteiger partial charge in [-0.2, -0.15) is 0 Å². The molecule has 0 heterocycles. The number of benzene rings is 1. The molecule has 158 valence electrons. The molecule has 0 atom stereocenters. The van der Waals surface area contributed by atoms with Gasteiger partial charge in [-0.25, -0.2) is 0 Å². The molecule has 3 nitrogen and oxygen atoms in total. The molecular weight excluding hydrogens is 346 g/mol. The number of hydrogen-bond acceptors (Lipinski definition) is 3. The predicted molar refractivity (Wildman–Crippen MR) is 119 cm³/mol. The lowest BCUT2D eigenvalue weighted by Crippen LogP contribution is -2.30. The molecule has 0 aromatic heterocycles. The van der Waals surface area contributed by atoms with Crippen molar-refractivity contribution in [1.82, 2.24) is 4.90 Å². The van der Waals surface area contributed by atoms with Crippen LogP contribution in [0.15, 0.2) is 30.3 Å². The Labute approximate surface area is 172 Å². The van der Waals surface area contributed by atoms with E-state index in [0.717, 1.165) is 71.0 Å². The van der Waals surface area contributed by atoms with E-state index in [1.165, 1.54) is 5.56 Å². The zero-order valence-corrected chi connectivity index (χ0v) is 18.3. The van der Waals surface area contributed by atoms with Gasteiger partial charge in [0.25, 0.3) is 0 Å². The van der Waals surface area contributed by atoms with Crippen LogP contribution in [0, 0.1) is 0 Å². The Morgan fingerprint density at radius 3 is 1.71 bits per heavy atom. The molecule has 0 amide bonds. The first kappa shape index (κ1) is 24.6. The van der Waals surface area contributed by atoms with Crippen molar-refractivity contribution in [3.8, 4) is 0 Å². The van der Waals surface area contributed by atoms with Crippen LogP contribution in [0.2, 0.25) is 0 Å². The van der Waals surface area contributed by atoms with E-state index >= 15 is 0 Å². The van der Waals surface area contributed by atoms with Crippen LogP contribution in [0.25, 0.3) is 0 Å². The van der Waals surface area contributed by atoms with Crippen molar-refractivity contribution in [1.29, 1.82) is 0 Å². The van der Waals surface area contributed by atoms with Gasteiger partial charge in [-0.1, -0.05) is 69.9 Å². The lowest BCUT2D eigenvalue weighted by Gasteiger charge is -2.22. The predicted octanol–water partition coefficient (Wildman–Crippen LogP) is 6.00. The highest BCUT2D eigenvalue weighted by Gasteiger charge is 2.11. The Morgan fingerprint density at radius 2 is 1.21 bits per heavy atom. The van der Waals surface area contributed by atoms with E-state index in [4.69, 9.17) is 0 Å². The molecule has 1 aromatic carbocycles. The first-order valence-corrected chi connectivity index (χ1v) is 11.4. The summed E-state index contributed by atoms with van der Waals surface area (Å²) in [5, 5.41) is 0. The van der Waals surface area contributed by atoms with Gasteiger partial charge in [0, 0.05) is 38.8 Å². The van der Waals surface area contributed by atoms with Crippen LogP contribution < -0.4 is 0 Å². The molecule has 0 bridgehead atoms. The topological polar surface area (TPSA) is 37.4 Å². The van der Waals surface area contributed by atoms with Gasteiger partial charge >= 0.3 is 0 Å². The van der Waals surface area contributed by atoms with E-state index in [9.17, 15) is 9.59 Å². The van der Waals surface area contributed by atoms with E-state index in [1.54, 1.807) is 0 Å². The van der Waals surface area contributed by atoms with Crippen LogP contribution >= 0.6 is 0 Å². The van der Waals surface area contributed by atoms with E-state index in [-0.39, 0.29) is 0 Å². The van der Waals surface area contributed by atoms with E-state index < -0.39 is 0 Å². The summed E-state index contributed by atoms with van der Waals surface area (Å²) in [5.74, 6) is 0.742. The molecule has 1 rings (SSSR count). The Bertz CT molecular complexity index is 501. The zero-order valence-electron chi connectivity index (χ0n) is 18.3. The first-order valence-electron chi connectivity index (χ1n) is 11.4. The van der Waals surface area contributed by atoms with Gasteiger partial charge in [-0.3, -0.25) is 9.59 Å². The highest BCUT2D eigenvalue weighted by Crippen LogP contribution is 2.08. The molecule has 1 aromatic rings. The van der Waals surface area contributed by atoms with Crippen LogP contribution in [0.5, 0.6) is 0 Å². The van der Waals surface area contributed by atoms with Crippen molar-refractivity contribution in [3.05, 3.63) is 35.9 Å². The van der Waals surface area contributed by atoms with Gasteiger partial charge in [-0.15, -0.1) is 0 Å². The number of carbonyl (C=O) groups is 2. The third kappa shape index (κ3) is 12.8. The van der Waals surface area contributed by atoms with Crippen molar-refractivity contribution in [2.24, 2.45) is 0 Å². The molecule has 0 aliphatic rings. The van der Waals surface area contributed by atoms with Gasteiger partial charge in [0.2, 0.25) is 0 Å². The summed E-state index contributed by atoms with van der Waals surface area (Å²) >= 11 is 0. The molecule has 0 radical (unpaired) electrons. The number of aryl methyl sites for hydroxylation is 1. The van der Waals surface area contributed by atoms with E-state index in [2.05, 4.69) is 43.0 Å². The van der Waals surface area contributed by atoms with Crippen molar-refractivity contribution in [2.45, 2.75) is 90.9 Å². The molecule has 0 fully saturated rings. The first-order chi connectivity index (χ1) is 13.7. The zero-order chi connectivity index (χ0) is 20.5. The lowest BCUT2D eigenvalue weighted by molar-refractivity contribution is -0.119. The molecule has 0 saturated carbocycles. The fourth-order valence-electron chi connectivity index (χ4n) is 3.45. The average Bonchev–Trinajstić information content (AvgIpc) is 2.71. The van der Waals surface area contributed by atoms with Crippen molar-refractivity contribution in [3.63, 3.8) is 0 Å². The summed E-state index contributed by atoms with van der Waals surface area (Å²) in [6.45, 7) is 6.87. The maximum absolute atomic E-state index is 12.1. The Hall–Kier alpha value is -1.48. The van der Waals surface area contributed by atoms with Crippen LogP contribution in [-0.2, 0) is 16.0 Å². The second-order valence-electron chi connectivity index (χ2n) is 7.92. The highest BCUT2D eigenvalue weighted by molar-refractivity contribution is 5.79. The van der Waals surface area contributed by atoms with Crippen LogP contribution in [0.1, 0.15) is 90.0 Å². The summed E-state index contributed by atoms with van der Waals surface area (Å²) in [6.07, 6.45) is 11.4. The molecule has 0 saturated heterocycles. The molecule has 0 spiro atoms. The number of Topliss-reactive ketones (excluding diaryl/α,β-unsaturated/α-hetero) is 2. The SMILES string of the molecule is CCCCCC(=O)CCN(CCCc1ccccc1)CCC(=O)CCCCC. The summed E-state index contributed by atoms with van der Waals surface area (Å²) in [7, 11) is 0. The number of ketones is 2. The second kappa shape index (κ2) is 16.5. The maximum atomic E-state index is 12.1. The largest absolute Gasteiger partial charge is 0.302 e. The quantitative estimate of drug-likeness (QED) is 0.290. The third-order valence-corrected chi connectivity index (χ3v) is 5.31. The monoisotopic (exact) mass is 387 g/mol. The third-order valence-electron chi connectivity index (χ3n) is 5.31. The van der Waals surface area contributed by atoms with Crippen LogP contribution in [-0.4, -0.2) is 36.1 Å². The minimum Gasteiger partial charge on any atom is -0.302 e.